The van der Waals surface area contributed by atoms with Gasteiger partial charge in [-0.2, -0.15) is 0 Å². The summed E-state index contributed by atoms with van der Waals surface area (Å²) >= 11 is 6.30. The molecule has 1 aliphatic carbocycles. The molecular formula is C21H19ClO5. The minimum absolute atomic E-state index is 0.116. The van der Waals surface area contributed by atoms with Gasteiger partial charge in [-0.05, 0) is 17.7 Å². The van der Waals surface area contributed by atoms with E-state index in [1.165, 1.54) is 0 Å². The van der Waals surface area contributed by atoms with E-state index < -0.39 is 5.97 Å². The van der Waals surface area contributed by atoms with Gasteiger partial charge in [-0.25, -0.2) is 4.79 Å². The Bertz CT molecular complexity index is 868. The van der Waals surface area contributed by atoms with E-state index in [4.69, 9.17) is 30.5 Å². The summed E-state index contributed by atoms with van der Waals surface area (Å²) in [5, 5.41) is 0.646. The molecule has 0 spiro atoms. The van der Waals surface area contributed by atoms with Gasteiger partial charge in [0.05, 0.1) is 24.7 Å². The quantitative estimate of drug-likeness (QED) is 0.560. The Morgan fingerprint density at radius 3 is 2.85 bits per heavy atom. The van der Waals surface area contributed by atoms with Crippen molar-refractivity contribution >= 4 is 17.6 Å². The number of hydrogen-bond acceptors (Lipinski definition) is 5. The lowest BCUT2D eigenvalue weighted by atomic mass is 9.95. The second-order valence-electron chi connectivity index (χ2n) is 7.18. The fourth-order valence-electron chi connectivity index (χ4n) is 4.09. The van der Waals surface area contributed by atoms with Gasteiger partial charge in [0.15, 0.2) is 0 Å². The van der Waals surface area contributed by atoms with Crippen LogP contribution in [-0.4, -0.2) is 30.9 Å². The van der Waals surface area contributed by atoms with Crippen molar-refractivity contribution in [2.45, 2.75) is 43.9 Å². The molecule has 0 radical (unpaired) electrons. The maximum Gasteiger partial charge on any atom is 0.332 e. The van der Waals surface area contributed by atoms with Crippen molar-refractivity contribution in [1.82, 2.24) is 0 Å². The van der Waals surface area contributed by atoms with Crippen LogP contribution in [-0.2, 0) is 32.2 Å². The summed E-state index contributed by atoms with van der Waals surface area (Å²) in [6, 6.07) is 13.3. The zero-order valence-electron chi connectivity index (χ0n) is 14.6. The Balaban J connectivity index is 1.19. The van der Waals surface area contributed by atoms with Crippen LogP contribution in [0.2, 0.25) is 5.02 Å². The summed E-state index contributed by atoms with van der Waals surface area (Å²) in [5.74, 6) is 0.698. The maximum absolute atomic E-state index is 11.9. The predicted molar refractivity (Wildman–Crippen MR) is 97.8 cm³/mol. The molecule has 6 heteroatoms. The monoisotopic (exact) mass is 386 g/mol. The molecule has 5 nitrogen and oxygen atoms in total. The number of halogens is 1. The van der Waals surface area contributed by atoms with Gasteiger partial charge in [0.1, 0.15) is 25.1 Å². The molecule has 0 N–H and O–H groups in total. The molecule has 2 heterocycles. The fraction of sp³-hybridized carbons (Fsp3) is 0.381. The minimum Gasteiger partial charge on any atom is -0.489 e. The summed E-state index contributed by atoms with van der Waals surface area (Å²) in [5.41, 5.74) is 2.90. The Morgan fingerprint density at radius 2 is 2.00 bits per heavy atom. The molecule has 1 saturated heterocycles. The Hall–Kier alpha value is -2.08. The van der Waals surface area contributed by atoms with Gasteiger partial charge in [-0.1, -0.05) is 41.9 Å². The molecule has 2 fully saturated rings. The minimum atomic E-state index is -0.399. The summed E-state index contributed by atoms with van der Waals surface area (Å²) in [4.78, 5) is 11.9. The standard InChI is InChI=1S/C21H19ClO5/c22-14-6-13(10-24-11-18(23)25-9-12-4-2-1-3-5-12)20-15(7-14)19-16(26-20)8-17-21(19)27-17/h1-7,16-17,19,21H,8-11H2/t16?,17-,19?,21-/m1/s1. The number of fused-ring (bicyclic) bond motifs is 5. The van der Waals surface area contributed by atoms with E-state index in [9.17, 15) is 4.79 Å². The van der Waals surface area contributed by atoms with Crippen LogP contribution in [0.25, 0.3) is 0 Å². The van der Waals surface area contributed by atoms with Crippen molar-refractivity contribution in [2.75, 3.05) is 6.61 Å². The van der Waals surface area contributed by atoms with Crippen LogP contribution >= 0.6 is 11.6 Å². The first-order valence-corrected chi connectivity index (χ1v) is 9.48. The van der Waals surface area contributed by atoms with E-state index >= 15 is 0 Å². The molecule has 2 aromatic carbocycles. The van der Waals surface area contributed by atoms with Crippen LogP contribution < -0.4 is 4.74 Å². The number of esters is 1. The number of hydrogen-bond donors (Lipinski definition) is 0. The Morgan fingerprint density at radius 1 is 1.15 bits per heavy atom. The Kier molecular flexibility index (Phi) is 4.31. The average molecular weight is 387 g/mol. The highest BCUT2D eigenvalue weighted by Crippen LogP contribution is 2.56. The topological polar surface area (TPSA) is 57.3 Å². The highest BCUT2D eigenvalue weighted by Gasteiger charge is 2.60. The Labute approximate surface area is 162 Å². The highest BCUT2D eigenvalue weighted by atomic mass is 35.5. The third kappa shape index (κ3) is 3.31. The number of epoxide rings is 1. The van der Waals surface area contributed by atoms with Crippen LogP contribution in [0.5, 0.6) is 5.75 Å². The number of rotatable bonds is 6. The molecule has 140 valence electrons. The summed E-state index contributed by atoms with van der Waals surface area (Å²) in [6.07, 6.45) is 1.69. The summed E-state index contributed by atoms with van der Waals surface area (Å²) in [6.45, 7) is 0.372. The van der Waals surface area contributed by atoms with Gasteiger partial charge in [0.2, 0.25) is 0 Å². The molecule has 0 amide bonds. The van der Waals surface area contributed by atoms with E-state index in [-0.39, 0.29) is 37.9 Å². The number of benzene rings is 2. The number of carbonyl (C=O) groups excluding carboxylic acids is 1. The lowest BCUT2D eigenvalue weighted by molar-refractivity contribution is -0.150. The predicted octanol–water partition coefficient (Wildman–Crippen LogP) is 3.62. The van der Waals surface area contributed by atoms with Gasteiger partial charge in [0, 0.05) is 22.6 Å². The van der Waals surface area contributed by atoms with E-state index in [1.54, 1.807) is 0 Å². The fourth-order valence-corrected chi connectivity index (χ4v) is 4.34. The van der Waals surface area contributed by atoms with Crippen LogP contribution in [0, 0.1) is 0 Å². The van der Waals surface area contributed by atoms with Crippen molar-refractivity contribution in [3.05, 3.63) is 64.2 Å². The van der Waals surface area contributed by atoms with Gasteiger partial charge >= 0.3 is 5.97 Å². The molecule has 2 aliphatic heterocycles. The van der Waals surface area contributed by atoms with Gasteiger partial charge in [-0.15, -0.1) is 0 Å². The van der Waals surface area contributed by atoms with E-state index in [0.717, 1.165) is 28.9 Å². The normalized spacial score (nSPS) is 26.7. The third-order valence-corrected chi connectivity index (χ3v) is 5.57. The van der Waals surface area contributed by atoms with Crippen LogP contribution in [0.15, 0.2) is 42.5 Å². The maximum atomic E-state index is 11.9. The highest BCUT2D eigenvalue weighted by molar-refractivity contribution is 6.30. The van der Waals surface area contributed by atoms with E-state index in [1.807, 2.05) is 42.5 Å². The second kappa shape index (κ2) is 6.82. The third-order valence-electron chi connectivity index (χ3n) is 5.35. The molecule has 27 heavy (non-hydrogen) atoms. The molecule has 0 aromatic heterocycles. The first-order chi connectivity index (χ1) is 13.2. The smallest absolute Gasteiger partial charge is 0.332 e. The van der Waals surface area contributed by atoms with Gasteiger partial charge in [0.25, 0.3) is 0 Å². The van der Waals surface area contributed by atoms with Crippen molar-refractivity contribution in [3.8, 4) is 5.75 Å². The molecule has 0 bridgehead atoms. The van der Waals surface area contributed by atoms with Crippen molar-refractivity contribution in [2.24, 2.45) is 0 Å². The zero-order chi connectivity index (χ0) is 18.4. The van der Waals surface area contributed by atoms with Crippen LogP contribution in [0.3, 0.4) is 0 Å². The number of ether oxygens (including phenoxy) is 4. The van der Waals surface area contributed by atoms with Crippen molar-refractivity contribution in [3.63, 3.8) is 0 Å². The molecule has 1 saturated carbocycles. The summed E-state index contributed by atoms with van der Waals surface area (Å²) in [7, 11) is 0. The van der Waals surface area contributed by atoms with E-state index in [2.05, 4.69) is 0 Å². The molecule has 2 aromatic rings. The van der Waals surface area contributed by atoms with Crippen LogP contribution in [0.4, 0.5) is 0 Å². The van der Waals surface area contributed by atoms with Crippen LogP contribution in [0.1, 0.15) is 29.0 Å². The average Bonchev–Trinajstić information content (AvgIpc) is 3.18. The zero-order valence-corrected chi connectivity index (χ0v) is 15.4. The molecule has 3 aliphatic rings. The van der Waals surface area contributed by atoms with Gasteiger partial charge in [-0.3, -0.25) is 0 Å². The molecule has 4 atom stereocenters. The summed E-state index contributed by atoms with van der Waals surface area (Å²) < 4.78 is 22.6. The van der Waals surface area contributed by atoms with Crippen molar-refractivity contribution < 1.29 is 23.7 Å². The lowest BCUT2D eigenvalue weighted by Gasteiger charge is -2.12. The number of carbonyl (C=O) groups is 1. The first kappa shape index (κ1) is 17.0. The van der Waals surface area contributed by atoms with Gasteiger partial charge < -0.3 is 18.9 Å². The largest absolute Gasteiger partial charge is 0.489 e. The lowest BCUT2D eigenvalue weighted by Crippen LogP contribution is -2.17. The molecule has 5 rings (SSSR count). The molecule has 2 unspecified atom stereocenters. The van der Waals surface area contributed by atoms with Crippen molar-refractivity contribution in [1.29, 1.82) is 0 Å². The molecular weight excluding hydrogens is 368 g/mol. The van der Waals surface area contributed by atoms with E-state index in [0.29, 0.717) is 11.1 Å². The SMILES string of the molecule is O=C(COCc1cc(Cl)cc2c1OC1C[C@H]3O[C@H]3C21)OCc1ccccc1. The first-order valence-electron chi connectivity index (χ1n) is 9.11. The second-order valence-corrected chi connectivity index (χ2v) is 7.62.